The molecule has 21 heavy (non-hydrogen) atoms. The van der Waals surface area contributed by atoms with Gasteiger partial charge in [-0.2, -0.15) is 0 Å². The Morgan fingerprint density at radius 3 is 2.62 bits per heavy atom. The average molecular weight is 285 g/mol. The lowest BCUT2D eigenvalue weighted by Gasteiger charge is -2.22. The monoisotopic (exact) mass is 285 g/mol. The molecular weight excluding hydrogens is 270 g/mol. The number of aryl methyl sites for hydroxylation is 1. The van der Waals surface area contributed by atoms with E-state index in [2.05, 4.69) is 0 Å². The predicted octanol–water partition coefficient (Wildman–Crippen LogP) is 2.28. The van der Waals surface area contributed by atoms with Crippen LogP contribution >= 0.6 is 0 Å². The first-order chi connectivity index (χ1) is 10.1. The third-order valence-electron chi connectivity index (χ3n) is 3.42. The largest absolute Gasteiger partial charge is 0.497 e. The molecule has 1 aromatic heterocycles. The molecule has 0 saturated carbocycles. The maximum Gasteiger partial charge on any atom is 0.343 e. The van der Waals surface area contributed by atoms with Crippen LogP contribution in [0.5, 0.6) is 11.5 Å². The van der Waals surface area contributed by atoms with Crippen molar-refractivity contribution in [2.45, 2.75) is 12.8 Å². The lowest BCUT2D eigenvalue weighted by molar-refractivity contribution is 0.376. The van der Waals surface area contributed by atoms with Crippen LogP contribution in [-0.2, 0) is 0 Å². The van der Waals surface area contributed by atoms with Crippen LogP contribution in [0, 0.1) is 6.92 Å². The molecule has 0 radical (unpaired) electrons. The Labute approximate surface area is 121 Å². The second-order valence-corrected chi connectivity index (χ2v) is 4.84. The molecule has 3 rings (SSSR count). The van der Waals surface area contributed by atoms with E-state index >= 15 is 0 Å². The normalized spacial score (nSPS) is 16.7. The quantitative estimate of drug-likeness (QED) is 0.916. The van der Waals surface area contributed by atoms with Gasteiger partial charge in [-0.15, -0.1) is 0 Å². The van der Waals surface area contributed by atoms with Crippen molar-refractivity contribution in [2.75, 3.05) is 7.11 Å². The molecule has 1 aliphatic rings. The zero-order chi connectivity index (χ0) is 15.0. The van der Waals surface area contributed by atoms with E-state index in [9.17, 15) is 4.79 Å². The van der Waals surface area contributed by atoms with Gasteiger partial charge in [-0.25, -0.2) is 4.79 Å². The molecule has 2 aromatic rings. The first-order valence-electron chi connectivity index (χ1n) is 6.52. The highest BCUT2D eigenvalue weighted by Crippen LogP contribution is 2.36. The molecule has 108 valence electrons. The maximum atomic E-state index is 12.2. The minimum absolute atomic E-state index is 0.272. The Bertz CT molecular complexity index is 759. The summed E-state index contributed by atoms with van der Waals surface area (Å²) in [5.74, 6) is 1.66. The van der Waals surface area contributed by atoms with E-state index in [1.54, 1.807) is 26.2 Å². The van der Waals surface area contributed by atoms with Gasteiger partial charge in [0.25, 0.3) is 0 Å². The SMILES string of the molecule is COc1ccc(C2C=C(N)Oc3cc(C)oc(=O)c32)cc1. The van der Waals surface area contributed by atoms with Crippen LogP contribution in [-0.4, -0.2) is 7.11 Å². The molecule has 1 aliphatic heterocycles. The van der Waals surface area contributed by atoms with Gasteiger partial charge in [0.1, 0.15) is 17.3 Å². The Morgan fingerprint density at radius 1 is 1.24 bits per heavy atom. The first kappa shape index (κ1) is 13.3. The fraction of sp³-hybridized carbons (Fsp3) is 0.188. The van der Waals surface area contributed by atoms with Crippen LogP contribution in [0.3, 0.4) is 0 Å². The van der Waals surface area contributed by atoms with Crippen LogP contribution in [0.25, 0.3) is 0 Å². The second kappa shape index (κ2) is 5.01. The number of nitrogens with two attached hydrogens (primary N) is 1. The van der Waals surface area contributed by atoms with Crippen LogP contribution in [0.1, 0.15) is 22.8 Å². The van der Waals surface area contributed by atoms with Gasteiger partial charge in [-0.05, 0) is 30.7 Å². The molecule has 2 N–H and O–H groups in total. The van der Waals surface area contributed by atoms with Crippen molar-refractivity contribution in [1.82, 2.24) is 0 Å². The molecule has 5 heteroatoms. The number of hydrogen-bond acceptors (Lipinski definition) is 5. The highest BCUT2D eigenvalue weighted by molar-refractivity contribution is 5.47. The summed E-state index contributed by atoms with van der Waals surface area (Å²) in [5.41, 5.74) is 6.78. The zero-order valence-corrected chi connectivity index (χ0v) is 11.8. The van der Waals surface area contributed by atoms with E-state index in [0.29, 0.717) is 17.1 Å². The molecule has 2 heterocycles. The van der Waals surface area contributed by atoms with Gasteiger partial charge in [-0.3, -0.25) is 0 Å². The predicted molar refractivity (Wildman–Crippen MR) is 77.5 cm³/mol. The molecule has 0 saturated heterocycles. The van der Waals surface area contributed by atoms with E-state index in [4.69, 9.17) is 19.6 Å². The van der Waals surface area contributed by atoms with E-state index < -0.39 is 5.63 Å². The smallest absolute Gasteiger partial charge is 0.343 e. The maximum absolute atomic E-state index is 12.2. The van der Waals surface area contributed by atoms with E-state index in [-0.39, 0.29) is 11.8 Å². The van der Waals surface area contributed by atoms with Gasteiger partial charge in [0, 0.05) is 12.0 Å². The number of hydrogen-bond donors (Lipinski definition) is 1. The molecule has 0 bridgehead atoms. The molecule has 5 nitrogen and oxygen atoms in total. The van der Waals surface area contributed by atoms with E-state index in [1.807, 2.05) is 24.3 Å². The van der Waals surface area contributed by atoms with Gasteiger partial charge in [0.15, 0.2) is 5.88 Å². The van der Waals surface area contributed by atoms with Gasteiger partial charge in [0.2, 0.25) is 0 Å². The zero-order valence-electron chi connectivity index (χ0n) is 11.8. The summed E-state index contributed by atoms with van der Waals surface area (Å²) in [5, 5.41) is 0. The Morgan fingerprint density at radius 2 is 1.95 bits per heavy atom. The molecule has 1 aromatic carbocycles. The highest BCUT2D eigenvalue weighted by Gasteiger charge is 2.27. The Kier molecular flexibility index (Phi) is 3.17. The molecule has 0 amide bonds. The van der Waals surface area contributed by atoms with Crippen LogP contribution in [0.15, 0.2) is 51.5 Å². The molecule has 1 unspecified atom stereocenters. The summed E-state index contributed by atoms with van der Waals surface area (Å²) < 4.78 is 15.8. The van der Waals surface area contributed by atoms with Crippen molar-refractivity contribution in [2.24, 2.45) is 5.73 Å². The standard InChI is InChI=1S/C16H15NO4/c1-9-7-13-15(16(18)20-9)12(8-14(17)21-13)10-3-5-11(19-2)6-4-10/h3-8,12H,17H2,1-2H3. The van der Waals surface area contributed by atoms with Crippen molar-refractivity contribution in [3.05, 3.63) is 69.6 Å². The number of rotatable bonds is 2. The highest BCUT2D eigenvalue weighted by atomic mass is 16.5. The summed E-state index contributed by atoms with van der Waals surface area (Å²) in [7, 11) is 1.61. The summed E-state index contributed by atoms with van der Waals surface area (Å²) in [6, 6.07) is 9.13. The summed E-state index contributed by atoms with van der Waals surface area (Å²) in [4.78, 5) is 12.2. The summed E-state index contributed by atoms with van der Waals surface area (Å²) >= 11 is 0. The fourth-order valence-electron chi connectivity index (χ4n) is 2.44. The Hall–Kier alpha value is -2.69. The Balaban J connectivity index is 2.14. The summed E-state index contributed by atoms with van der Waals surface area (Å²) in [6.07, 6.45) is 1.70. The third-order valence-corrected chi connectivity index (χ3v) is 3.42. The van der Waals surface area contributed by atoms with Gasteiger partial charge in [0.05, 0.1) is 12.7 Å². The van der Waals surface area contributed by atoms with Crippen molar-refractivity contribution >= 4 is 0 Å². The number of methoxy groups -OCH3 is 1. The third kappa shape index (κ3) is 2.38. The average Bonchev–Trinajstić information content (AvgIpc) is 2.45. The molecule has 0 fully saturated rings. The van der Waals surface area contributed by atoms with E-state index in [1.165, 1.54) is 0 Å². The molecule has 1 atom stereocenters. The van der Waals surface area contributed by atoms with Gasteiger partial charge < -0.3 is 19.6 Å². The molecule has 0 aliphatic carbocycles. The first-order valence-corrected chi connectivity index (χ1v) is 6.52. The lowest BCUT2D eigenvalue weighted by Crippen LogP contribution is -2.22. The fourth-order valence-corrected chi connectivity index (χ4v) is 2.44. The number of allylic oxidation sites excluding steroid dienone is 1. The van der Waals surface area contributed by atoms with Crippen molar-refractivity contribution in [3.63, 3.8) is 0 Å². The van der Waals surface area contributed by atoms with Gasteiger partial charge in [-0.1, -0.05) is 12.1 Å². The number of ether oxygens (including phenoxy) is 2. The number of benzene rings is 1. The van der Waals surface area contributed by atoms with Crippen LogP contribution in [0.4, 0.5) is 0 Å². The van der Waals surface area contributed by atoms with Crippen molar-refractivity contribution in [1.29, 1.82) is 0 Å². The van der Waals surface area contributed by atoms with E-state index in [0.717, 1.165) is 11.3 Å². The van der Waals surface area contributed by atoms with Crippen LogP contribution in [0.2, 0.25) is 0 Å². The van der Waals surface area contributed by atoms with Crippen molar-refractivity contribution in [3.8, 4) is 11.5 Å². The molecular formula is C16H15NO4. The van der Waals surface area contributed by atoms with Crippen molar-refractivity contribution < 1.29 is 13.9 Å². The minimum Gasteiger partial charge on any atom is -0.497 e. The number of fused-ring (bicyclic) bond motifs is 1. The summed E-state index contributed by atoms with van der Waals surface area (Å²) in [6.45, 7) is 1.70. The molecule has 0 spiro atoms. The minimum atomic E-state index is -0.408. The lowest BCUT2D eigenvalue weighted by atomic mass is 9.90. The topological polar surface area (TPSA) is 74.7 Å². The van der Waals surface area contributed by atoms with Crippen LogP contribution < -0.4 is 20.8 Å². The second-order valence-electron chi connectivity index (χ2n) is 4.84. The van der Waals surface area contributed by atoms with Gasteiger partial charge >= 0.3 is 5.63 Å².